The predicted octanol–water partition coefficient (Wildman–Crippen LogP) is 2.87. The SMILES string of the molecule is Cc1nn(CC(C)C)c(Cl)c1C1CCCN1c1cnc2nc[nH]c(=O)c2n1. The molecule has 1 saturated heterocycles. The summed E-state index contributed by atoms with van der Waals surface area (Å²) in [5.41, 5.74) is 2.28. The van der Waals surface area contributed by atoms with Crippen LogP contribution in [0.1, 0.15) is 44.0 Å². The van der Waals surface area contributed by atoms with Crippen LogP contribution < -0.4 is 10.5 Å². The first kappa shape index (κ1) is 17.9. The Balaban J connectivity index is 1.74. The molecule has 3 aromatic rings. The number of fused-ring (bicyclic) bond motifs is 1. The minimum atomic E-state index is -0.288. The van der Waals surface area contributed by atoms with Crippen molar-refractivity contribution in [1.29, 1.82) is 0 Å². The van der Waals surface area contributed by atoms with Gasteiger partial charge in [0.15, 0.2) is 11.2 Å². The van der Waals surface area contributed by atoms with Crippen molar-refractivity contribution in [3.63, 3.8) is 0 Å². The lowest BCUT2D eigenvalue weighted by molar-refractivity contribution is 0.481. The number of H-pyrrole nitrogens is 1. The second-order valence-electron chi connectivity index (χ2n) is 7.35. The topological polar surface area (TPSA) is 92.6 Å². The molecule has 0 aliphatic carbocycles. The van der Waals surface area contributed by atoms with Gasteiger partial charge >= 0.3 is 0 Å². The van der Waals surface area contributed by atoms with Crippen molar-refractivity contribution < 1.29 is 0 Å². The summed E-state index contributed by atoms with van der Waals surface area (Å²) in [5, 5.41) is 5.33. The second kappa shape index (κ2) is 6.92. The summed E-state index contributed by atoms with van der Waals surface area (Å²) < 4.78 is 1.88. The smallest absolute Gasteiger partial charge is 0.278 e. The van der Waals surface area contributed by atoms with E-state index in [1.165, 1.54) is 6.33 Å². The molecule has 0 saturated carbocycles. The maximum atomic E-state index is 12.1. The van der Waals surface area contributed by atoms with Gasteiger partial charge in [-0.1, -0.05) is 25.4 Å². The fraction of sp³-hybridized carbons (Fsp3) is 0.500. The van der Waals surface area contributed by atoms with E-state index in [2.05, 4.69) is 43.8 Å². The molecule has 1 fully saturated rings. The highest BCUT2D eigenvalue weighted by Crippen LogP contribution is 2.40. The van der Waals surface area contributed by atoms with Gasteiger partial charge in [0.1, 0.15) is 11.0 Å². The predicted molar refractivity (Wildman–Crippen MR) is 104 cm³/mol. The van der Waals surface area contributed by atoms with Crippen molar-refractivity contribution in [3.8, 4) is 0 Å². The Hall–Kier alpha value is -2.48. The summed E-state index contributed by atoms with van der Waals surface area (Å²) in [6, 6.07) is 0.0703. The standard InChI is InChI=1S/C18H22ClN7O/c1-10(2)8-26-16(19)14(11(3)24-26)12-5-4-6-25(12)13-7-20-17-15(23-13)18(27)22-9-21-17/h7,9-10,12H,4-6,8H2,1-3H3,(H,20,21,22,27). The van der Waals surface area contributed by atoms with Crippen molar-refractivity contribution in [3.05, 3.63) is 39.3 Å². The van der Waals surface area contributed by atoms with E-state index in [0.717, 1.165) is 37.2 Å². The van der Waals surface area contributed by atoms with Gasteiger partial charge in [-0.2, -0.15) is 5.10 Å². The van der Waals surface area contributed by atoms with Crippen LogP contribution in [-0.4, -0.2) is 36.3 Å². The molecular formula is C18H22ClN7O. The molecule has 0 bridgehead atoms. The Kier molecular flexibility index (Phi) is 4.59. The average Bonchev–Trinajstić information content (AvgIpc) is 3.19. The third-order valence-corrected chi connectivity index (χ3v) is 5.26. The minimum Gasteiger partial charge on any atom is -0.348 e. The number of aryl methyl sites for hydroxylation is 1. The normalized spacial score (nSPS) is 17.4. The van der Waals surface area contributed by atoms with Gasteiger partial charge < -0.3 is 9.88 Å². The van der Waals surface area contributed by atoms with Crippen LogP contribution in [0, 0.1) is 12.8 Å². The van der Waals surface area contributed by atoms with E-state index >= 15 is 0 Å². The largest absolute Gasteiger partial charge is 0.348 e. The van der Waals surface area contributed by atoms with Gasteiger partial charge in [0.05, 0.1) is 24.3 Å². The number of halogens is 1. The molecule has 0 radical (unpaired) electrons. The minimum absolute atomic E-state index is 0.0703. The molecule has 0 aromatic carbocycles. The maximum Gasteiger partial charge on any atom is 0.278 e. The zero-order chi connectivity index (χ0) is 19.1. The summed E-state index contributed by atoms with van der Waals surface area (Å²) in [5.74, 6) is 1.12. The Bertz CT molecular complexity index is 1040. The first-order valence-electron chi connectivity index (χ1n) is 9.15. The molecule has 1 N–H and O–H groups in total. The summed E-state index contributed by atoms with van der Waals surface area (Å²) in [6.07, 6.45) is 4.98. The van der Waals surface area contributed by atoms with Crippen molar-refractivity contribution in [2.24, 2.45) is 5.92 Å². The lowest BCUT2D eigenvalue weighted by atomic mass is 10.1. The van der Waals surface area contributed by atoms with Gasteiger partial charge in [0.2, 0.25) is 0 Å². The van der Waals surface area contributed by atoms with E-state index in [-0.39, 0.29) is 17.1 Å². The van der Waals surface area contributed by atoms with Crippen LogP contribution in [0.15, 0.2) is 17.3 Å². The molecule has 1 aliphatic heterocycles. The average molecular weight is 388 g/mol. The lowest BCUT2D eigenvalue weighted by Crippen LogP contribution is -2.25. The summed E-state index contributed by atoms with van der Waals surface area (Å²) in [7, 11) is 0. The Labute approximate surface area is 161 Å². The molecule has 9 heteroatoms. The maximum absolute atomic E-state index is 12.1. The van der Waals surface area contributed by atoms with Gasteiger partial charge in [0.25, 0.3) is 5.56 Å². The first-order valence-corrected chi connectivity index (χ1v) is 9.53. The summed E-state index contributed by atoms with van der Waals surface area (Å²) in [6.45, 7) is 7.89. The van der Waals surface area contributed by atoms with Crippen molar-refractivity contribution in [1.82, 2.24) is 29.7 Å². The molecule has 1 atom stereocenters. The highest BCUT2D eigenvalue weighted by atomic mass is 35.5. The lowest BCUT2D eigenvalue weighted by Gasteiger charge is -2.25. The monoisotopic (exact) mass is 387 g/mol. The van der Waals surface area contributed by atoms with E-state index in [9.17, 15) is 4.79 Å². The van der Waals surface area contributed by atoms with E-state index in [4.69, 9.17) is 11.6 Å². The quantitative estimate of drug-likeness (QED) is 0.739. The molecule has 0 amide bonds. The van der Waals surface area contributed by atoms with Crippen LogP contribution >= 0.6 is 11.6 Å². The van der Waals surface area contributed by atoms with E-state index in [1.54, 1.807) is 6.20 Å². The van der Waals surface area contributed by atoms with Crippen LogP contribution in [0.2, 0.25) is 5.15 Å². The summed E-state index contributed by atoms with van der Waals surface area (Å²) >= 11 is 6.70. The third kappa shape index (κ3) is 3.18. The Morgan fingerprint density at radius 1 is 1.37 bits per heavy atom. The first-order chi connectivity index (χ1) is 13.0. The molecule has 0 spiro atoms. The highest BCUT2D eigenvalue weighted by Gasteiger charge is 2.32. The van der Waals surface area contributed by atoms with Crippen LogP contribution in [0.3, 0.4) is 0 Å². The van der Waals surface area contributed by atoms with Crippen LogP contribution in [0.4, 0.5) is 5.82 Å². The number of aromatic nitrogens is 6. The van der Waals surface area contributed by atoms with Gasteiger partial charge in [-0.25, -0.2) is 15.0 Å². The van der Waals surface area contributed by atoms with Gasteiger partial charge in [-0.05, 0) is 25.7 Å². The van der Waals surface area contributed by atoms with Gasteiger partial charge in [0, 0.05) is 18.7 Å². The fourth-order valence-corrected chi connectivity index (χ4v) is 4.10. The molecule has 142 valence electrons. The van der Waals surface area contributed by atoms with Gasteiger partial charge in [-0.3, -0.25) is 9.48 Å². The Morgan fingerprint density at radius 2 is 2.19 bits per heavy atom. The van der Waals surface area contributed by atoms with E-state index < -0.39 is 0 Å². The summed E-state index contributed by atoms with van der Waals surface area (Å²) in [4.78, 5) is 29.7. The van der Waals surface area contributed by atoms with Crippen molar-refractivity contribution in [2.75, 3.05) is 11.4 Å². The van der Waals surface area contributed by atoms with E-state index in [0.29, 0.717) is 22.5 Å². The molecule has 1 aliphatic rings. The number of hydrogen-bond acceptors (Lipinski definition) is 6. The van der Waals surface area contributed by atoms with Crippen molar-refractivity contribution >= 4 is 28.6 Å². The second-order valence-corrected chi connectivity index (χ2v) is 7.71. The van der Waals surface area contributed by atoms with E-state index in [1.807, 2.05) is 11.6 Å². The molecule has 27 heavy (non-hydrogen) atoms. The van der Waals surface area contributed by atoms with Crippen LogP contribution in [-0.2, 0) is 6.54 Å². The van der Waals surface area contributed by atoms with Crippen LogP contribution in [0.25, 0.3) is 11.2 Å². The molecular weight excluding hydrogens is 366 g/mol. The highest BCUT2D eigenvalue weighted by molar-refractivity contribution is 6.30. The zero-order valence-electron chi connectivity index (χ0n) is 15.6. The van der Waals surface area contributed by atoms with Crippen molar-refractivity contribution in [2.45, 2.75) is 46.2 Å². The van der Waals surface area contributed by atoms with Crippen LogP contribution in [0.5, 0.6) is 0 Å². The molecule has 4 rings (SSSR count). The molecule has 8 nitrogen and oxygen atoms in total. The van der Waals surface area contributed by atoms with Gasteiger partial charge in [-0.15, -0.1) is 0 Å². The zero-order valence-corrected chi connectivity index (χ0v) is 16.4. The molecule has 3 aromatic heterocycles. The number of aromatic amines is 1. The Morgan fingerprint density at radius 3 is 2.96 bits per heavy atom. The number of hydrogen-bond donors (Lipinski definition) is 1. The fourth-order valence-electron chi connectivity index (χ4n) is 3.73. The third-order valence-electron chi connectivity index (χ3n) is 4.87. The molecule has 4 heterocycles. The number of anilines is 1. The number of nitrogens with one attached hydrogen (secondary N) is 1. The number of nitrogens with zero attached hydrogens (tertiary/aromatic N) is 6. The molecule has 1 unspecified atom stereocenters. The number of rotatable bonds is 4.